The minimum Gasteiger partial charge on any atom is -0.454 e. The van der Waals surface area contributed by atoms with Crippen molar-refractivity contribution in [1.82, 2.24) is 10.2 Å². The van der Waals surface area contributed by atoms with Crippen LogP contribution in [0.15, 0.2) is 24.3 Å². The van der Waals surface area contributed by atoms with Crippen LogP contribution in [0.1, 0.15) is 41.0 Å². The van der Waals surface area contributed by atoms with Gasteiger partial charge in [0.1, 0.15) is 5.01 Å². The van der Waals surface area contributed by atoms with Crippen LogP contribution in [0.5, 0.6) is 0 Å². The second-order valence-electron chi connectivity index (χ2n) is 5.86. The number of benzene rings is 1. The highest BCUT2D eigenvalue weighted by atomic mass is 35.5. The fourth-order valence-electron chi connectivity index (χ4n) is 2.28. The molecule has 1 N–H and O–H groups in total. The van der Waals surface area contributed by atoms with E-state index in [1.54, 1.807) is 31.2 Å². The van der Waals surface area contributed by atoms with Crippen molar-refractivity contribution in [1.29, 1.82) is 0 Å². The van der Waals surface area contributed by atoms with E-state index in [9.17, 15) is 14.4 Å². The Kier molecular flexibility index (Phi) is 8.82. The van der Waals surface area contributed by atoms with Gasteiger partial charge in [0, 0.05) is 35.7 Å². The number of aromatic nitrogens is 2. The van der Waals surface area contributed by atoms with E-state index < -0.39 is 12.1 Å². The number of hydrogen-bond donors (Lipinski definition) is 1. The Balaban J connectivity index is 1.80. The summed E-state index contributed by atoms with van der Waals surface area (Å²) in [4.78, 5) is 36.4. The van der Waals surface area contributed by atoms with Crippen molar-refractivity contribution in [2.24, 2.45) is 0 Å². The molecule has 1 aromatic heterocycles. The molecular weight excluding hydrogens is 425 g/mol. The van der Waals surface area contributed by atoms with Gasteiger partial charge in [0.05, 0.1) is 0 Å². The monoisotopic (exact) mass is 443 g/mol. The van der Waals surface area contributed by atoms with E-state index in [2.05, 4.69) is 15.5 Å². The number of anilines is 1. The highest BCUT2D eigenvalue weighted by Crippen LogP contribution is 2.16. The average Bonchev–Trinajstić information content (AvgIpc) is 3.06. The Labute approximate surface area is 176 Å². The summed E-state index contributed by atoms with van der Waals surface area (Å²) in [7, 11) is 0. The zero-order chi connectivity index (χ0) is 20.5. The van der Waals surface area contributed by atoms with Gasteiger partial charge in [-0.1, -0.05) is 22.9 Å². The summed E-state index contributed by atoms with van der Waals surface area (Å²) in [6.07, 6.45) is -0.352. The van der Waals surface area contributed by atoms with E-state index in [0.717, 1.165) is 5.01 Å². The van der Waals surface area contributed by atoms with Gasteiger partial charge in [-0.2, -0.15) is 0 Å². The molecule has 0 aliphatic carbocycles. The molecule has 1 amide bonds. The fraction of sp³-hybridized carbons (Fsp3) is 0.389. The number of Topliss-reactive ketones (excluding diaryl/α,β-unsaturated/α-hetero) is 1. The van der Waals surface area contributed by atoms with Crippen molar-refractivity contribution in [2.45, 2.75) is 38.7 Å². The molecule has 0 aliphatic heterocycles. The van der Waals surface area contributed by atoms with Crippen LogP contribution in [0.3, 0.4) is 0 Å². The van der Waals surface area contributed by atoms with Crippen LogP contribution in [0.4, 0.5) is 5.13 Å². The molecule has 7 nitrogen and oxygen atoms in total. The van der Waals surface area contributed by atoms with Crippen molar-refractivity contribution >= 4 is 57.3 Å². The Hall–Kier alpha value is -2.03. The van der Waals surface area contributed by atoms with Crippen molar-refractivity contribution in [3.63, 3.8) is 0 Å². The molecule has 10 heteroatoms. The van der Waals surface area contributed by atoms with Gasteiger partial charge in [0.15, 0.2) is 6.10 Å². The molecule has 0 fully saturated rings. The summed E-state index contributed by atoms with van der Waals surface area (Å²) in [5, 5.41) is 11.9. The third-order valence-electron chi connectivity index (χ3n) is 3.62. The maximum atomic E-state index is 12.5. The molecule has 0 unspecified atom stereocenters. The number of alkyl halides is 1. The molecule has 1 heterocycles. The quantitative estimate of drug-likeness (QED) is 0.338. The van der Waals surface area contributed by atoms with Crippen LogP contribution in [0, 0.1) is 6.92 Å². The van der Waals surface area contributed by atoms with Gasteiger partial charge in [-0.05, 0) is 37.6 Å². The largest absolute Gasteiger partial charge is 0.454 e. The zero-order valence-corrected chi connectivity index (χ0v) is 17.4. The van der Waals surface area contributed by atoms with Crippen LogP contribution in [0.2, 0.25) is 5.02 Å². The summed E-state index contributed by atoms with van der Waals surface area (Å²) < 4.78 is 5.28. The Morgan fingerprint density at radius 3 is 2.50 bits per heavy atom. The number of nitrogens with one attached hydrogen (secondary N) is 1. The van der Waals surface area contributed by atoms with Crippen LogP contribution in [0.25, 0.3) is 0 Å². The van der Waals surface area contributed by atoms with Gasteiger partial charge in [-0.15, -0.1) is 21.8 Å². The lowest BCUT2D eigenvalue weighted by atomic mass is 10.0. The van der Waals surface area contributed by atoms with Crippen molar-refractivity contribution in [3.05, 3.63) is 39.9 Å². The summed E-state index contributed by atoms with van der Waals surface area (Å²) in [5.41, 5.74) is 0.388. The molecule has 150 valence electrons. The number of aryl methyl sites for hydroxylation is 1. The molecule has 28 heavy (non-hydrogen) atoms. The molecule has 2 rings (SSSR count). The lowest BCUT2D eigenvalue weighted by Gasteiger charge is -2.16. The Morgan fingerprint density at radius 1 is 1.18 bits per heavy atom. The first-order valence-electron chi connectivity index (χ1n) is 8.54. The third kappa shape index (κ3) is 7.18. The van der Waals surface area contributed by atoms with Crippen LogP contribution in [-0.4, -0.2) is 39.8 Å². The smallest absolute Gasteiger partial charge is 0.306 e. The molecule has 0 saturated carbocycles. The zero-order valence-electron chi connectivity index (χ0n) is 15.1. The maximum absolute atomic E-state index is 12.5. The van der Waals surface area contributed by atoms with E-state index in [4.69, 9.17) is 27.9 Å². The lowest BCUT2D eigenvalue weighted by Crippen LogP contribution is -2.28. The van der Waals surface area contributed by atoms with E-state index >= 15 is 0 Å². The summed E-state index contributed by atoms with van der Waals surface area (Å²) in [6.45, 7) is 1.78. The number of carbonyl (C=O) groups is 3. The summed E-state index contributed by atoms with van der Waals surface area (Å²) in [6, 6.07) is 6.32. The third-order valence-corrected chi connectivity index (χ3v) is 4.85. The predicted molar refractivity (Wildman–Crippen MR) is 108 cm³/mol. The summed E-state index contributed by atoms with van der Waals surface area (Å²) >= 11 is 12.8. The number of halogens is 2. The molecule has 0 spiro atoms. The highest BCUT2D eigenvalue weighted by Gasteiger charge is 2.23. The van der Waals surface area contributed by atoms with Crippen LogP contribution < -0.4 is 5.32 Å². The average molecular weight is 444 g/mol. The van der Waals surface area contributed by atoms with Gasteiger partial charge < -0.3 is 10.1 Å². The Bertz CT molecular complexity index is 826. The van der Waals surface area contributed by atoms with Crippen molar-refractivity contribution < 1.29 is 19.1 Å². The number of hydrogen-bond acceptors (Lipinski definition) is 7. The lowest BCUT2D eigenvalue weighted by molar-refractivity contribution is -0.147. The Morgan fingerprint density at radius 2 is 1.89 bits per heavy atom. The molecule has 1 atom stereocenters. The number of amides is 1. The number of carbonyl (C=O) groups excluding carboxylic acids is 3. The van der Waals surface area contributed by atoms with Gasteiger partial charge in [0.25, 0.3) is 0 Å². The molecule has 0 bridgehead atoms. The maximum Gasteiger partial charge on any atom is 0.306 e. The minimum atomic E-state index is -0.968. The van der Waals surface area contributed by atoms with Crippen LogP contribution in [-0.2, 0) is 14.3 Å². The first-order valence-corrected chi connectivity index (χ1v) is 10.3. The highest BCUT2D eigenvalue weighted by molar-refractivity contribution is 7.15. The van der Waals surface area contributed by atoms with Crippen molar-refractivity contribution in [2.75, 3.05) is 11.2 Å². The first kappa shape index (κ1) is 22.3. The van der Waals surface area contributed by atoms with Gasteiger partial charge in [-0.3, -0.25) is 14.4 Å². The summed E-state index contributed by atoms with van der Waals surface area (Å²) in [5.74, 6) is -0.994. The standard InChI is InChI=1S/C18H19Cl2N3O4S/c1-11-22-23-18(28-11)21-15(24)3-2-4-16(25)27-14(9-10-19)17(26)12-5-7-13(20)8-6-12/h5-8,14H,2-4,9-10H2,1H3,(H,21,23,24)/t14-/m1/s1. The number of ether oxygens (including phenoxy) is 1. The number of esters is 1. The molecule has 1 aromatic carbocycles. The topological polar surface area (TPSA) is 98.2 Å². The van der Waals surface area contributed by atoms with Crippen molar-refractivity contribution in [3.8, 4) is 0 Å². The van der Waals surface area contributed by atoms with E-state index in [0.29, 0.717) is 15.7 Å². The van der Waals surface area contributed by atoms with Crippen LogP contribution >= 0.6 is 34.5 Å². The predicted octanol–water partition coefficient (Wildman–Crippen LogP) is 4.03. The number of nitrogens with zero attached hydrogens (tertiary/aromatic N) is 2. The molecule has 2 aromatic rings. The molecule has 0 radical (unpaired) electrons. The second kappa shape index (κ2) is 11.1. The molecule has 0 aliphatic rings. The SMILES string of the molecule is Cc1nnc(NC(=O)CCCC(=O)O[C@H](CCCl)C(=O)c2ccc(Cl)cc2)s1. The minimum absolute atomic E-state index is 0.00918. The van der Waals surface area contributed by atoms with Gasteiger partial charge in [-0.25, -0.2) is 0 Å². The van der Waals surface area contributed by atoms with E-state index in [1.165, 1.54) is 11.3 Å². The fourth-order valence-corrected chi connectivity index (χ4v) is 3.21. The normalized spacial score (nSPS) is 11.7. The van der Waals surface area contributed by atoms with E-state index in [-0.39, 0.29) is 43.3 Å². The second-order valence-corrected chi connectivity index (χ2v) is 7.85. The molecular formula is C18H19Cl2N3O4S. The van der Waals surface area contributed by atoms with Gasteiger partial charge in [0.2, 0.25) is 16.8 Å². The van der Waals surface area contributed by atoms with E-state index in [1.807, 2.05) is 0 Å². The first-order chi connectivity index (χ1) is 13.4. The molecule has 0 saturated heterocycles. The number of rotatable bonds is 10. The van der Waals surface area contributed by atoms with Gasteiger partial charge >= 0.3 is 5.97 Å². The number of ketones is 1.